The molecule has 1 aromatic carbocycles. The van der Waals surface area contributed by atoms with Crippen molar-refractivity contribution >= 4 is 34.3 Å². The molecule has 1 aromatic heterocycles. The maximum Gasteiger partial charge on any atom is 0.143 e. The number of nitrogen functional groups attached to an aromatic ring is 1. The lowest BCUT2D eigenvalue weighted by Gasteiger charge is -2.08. The van der Waals surface area contributed by atoms with Crippen molar-refractivity contribution < 1.29 is 4.39 Å². The molecule has 0 unspecified atom stereocenters. The first-order valence-electron chi connectivity index (χ1n) is 4.53. The van der Waals surface area contributed by atoms with Gasteiger partial charge >= 0.3 is 0 Å². The fourth-order valence-electron chi connectivity index (χ4n) is 1.23. The molecule has 2 aromatic rings. The molecule has 2 rings (SSSR count). The van der Waals surface area contributed by atoms with E-state index >= 15 is 0 Å². The Hall–Kier alpha value is -1.33. The molecule has 0 atom stereocenters. The molecule has 0 saturated carbocycles. The van der Waals surface area contributed by atoms with Gasteiger partial charge in [-0.05, 0) is 6.07 Å². The fourth-order valence-corrected chi connectivity index (χ4v) is 1.95. The molecule has 1 heterocycles. The molecule has 16 heavy (non-hydrogen) atoms. The minimum Gasteiger partial charge on any atom is -0.397 e. The van der Waals surface area contributed by atoms with Gasteiger partial charge in [-0.15, -0.1) is 11.3 Å². The molecule has 84 valence electrons. The topological polar surface area (TPSA) is 50.9 Å². The third-order valence-corrected chi connectivity index (χ3v) is 3.08. The van der Waals surface area contributed by atoms with Crippen LogP contribution in [0.1, 0.15) is 5.01 Å². The summed E-state index contributed by atoms with van der Waals surface area (Å²) in [4.78, 5) is 4.11. The highest BCUT2D eigenvalue weighted by atomic mass is 35.5. The number of thiazole rings is 1. The van der Waals surface area contributed by atoms with Crippen molar-refractivity contribution in [1.82, 2.24) is 4.98 Å². The second-order valence-electron chi connectivity index (χ2n) is 3.13. The Kier molecular flexibility index (Phi) is 3.26. The van der Waals surface area contributed by atoms with Crippen molar-refractivity contribution in [1.29, 1.82) is 0 Å². The first kappa shape index (κ1) is 11.2. The maximum absolute atomic E-state index is 13.0. The summed E-state index contributed by atoms with van der Waals surface area (Å²) in [6.45, 7) is 0.545. The van der Waals surface area contributed by atoms with Crippen molar-refractivity contribution in [3.63, 3.8) is 0 Å². The number of hydrogen-bond acceptors (Lipinski definition) is 4. The van der Waals surface area contributed by atoms with Crippen LogP contribution in [-0.2, 0) is 6.54 Å². The van der Waals surface area contributed by atoms with Crippen LogP contribution in [0.4, 0.5) is 15.8 Å². The number of halogens is 2. The van der Waals surface area contributed by atoms with Crippen molar-refractivity contribution in [3.05, 3.63) is 39.6 Å². The Balaban J connectivity index is 2.12. The summed E-state index contributed by atoms with van der Waals surface area (Å²) < 4.78 is 13.0. The lowest BCUT2D eigenvalue weighted by molar-refractivity contribution is 0.629. The molecular formula is C10H9ClFN3S. The largest absolute Gasteiger partial charge is 0.397 e. The predicted molar refractivity (Wildman–Crippen MR) is 65.3 cm³/mol. The van der Waals surface area contributed by atoms with Gasteiger partial charge in [-0.3, -0.25) is 0 Å². The zero-order valence-electron chi connectivity index (χ0n) is 8.21. The SMILES string of the molecule is Nc1cc(F)c(Cl)cc1NCc1nccs1. The van der Waals surface area contributed by atoms with E-state index in [-0.39, 0.29) is 5.02 Å². The third kappa shape index (κ3) is 2.43. The number of benzene rings is 1. The van der Waals surface area contributed by atoms with Crippen LogP contribution < -0.4 is 11.1 Å². The Morgan fingerprint density at radius 1 is 1.50 bits per heavy atom. The van der Waals surface area contributed by atoms with Crippen LogP contribution in [0.3, 0.4) is 0 Å². The highest BCUT2D eigenvalue weighted by Gasteiger charge is 2.06. The summed E-state index contributed by atoms with van der Waals surface area (Å²) in [6, 6.07) is 2.67. The molecular weight excluding hydrogens is 249 g/mol. The summed E-state index contributed by atoms with van der Waals surface area (Å²) >= 11 is 7.20. The summed E-state index contributed by atoms with van der Waals surface area (Å²) in [6.07, 6.45) is 1.72. The van der Waals surface area contributed by atoms with Gasteiger partial charge in [-0.25, -0.2) is 9.37 Å². The number of anilines is 2. The number of hydrogen-bond donors (Lipinski definition) is 2. The first-order valence-corrected chi connectivity index (χ1v) is 5.79. The van der Waals surface area contributed by atoms with Crippen LogP contribution in [0.5, 0.6) is 0 Å². The van der Waals surface area contributed by atoms with Gasteiger partial charge in [0.25, 0.3) is 0 Å². The van der Waals surface area contributed by atoms with Gasteiger partial charge in [0.15, 0.2) is 0 Å². The average molecular weight is 258 g/mol. The van der Waals surface area contributed by atoms with Crippen molar-refractivity contribution in [2.75, 3.05) is 11.1 Å². The molecule has 0 spiro atoms. The number of aromatic nitrogens is 1. The zero-order chi connectivity index (χ0) is 11.5. The standard InChI is InChI=1S/C10H9ClFN3S/c11-6-3-9(8(13)4-7(6)12)15-5-10-14-1-2-16-10/h1-4,15H,5,13H2. The van der Waals surface area contributed by atoms with Gasteiger partial charge in [-0.1, -0.05) is 11.6 Å². The number of nitrogens with zero attached hydrogens (tertiary/aromatic N) is 1. The molecule has 0 aliphatic heterocycles. The molecule has 6 heteroatoms. The number of nitrogens with one attached hydrogen (secondary N) is 1. The predicted octanol–water partition coefficient (Wildman–Crippen LogP) is 3.13. The van der Waals surface area contributed by atoms with Crippen LogP contribution in [-0.4, -0.2) is 4.98 Å². The van der Waals surface area contributed by atoms with E-state index in [2.05, 4.69) is 10.3 Å². The lowest BCUT2D eigenvalue weighted by atomic mass is 10.2. The van der Waals surface area contributed by atoms with E-state index in [1.54, 1.807) is 6.20 Å². The maximum atomic E-state index is 13.0. The summed E-state index contributed by atoms with van der Waals surface area (Å²) in [5.41, 5.74) is 6.60. The smallest absolute Gasteiger partial charge is 0.143 e. The molecule has 0 bridgehead atoms. The van der Waals surface area contributed by atoms with Crippen LogP contribution in [0.2, 0.25) is 5.02 Å². The van der Waals surface area contributed by atoms with Crippen LogP contribution in [0.15, 0.2) is 23.7 Å². The second-order valence-corrected chi connectivity index (χ2v) is 4.52. The highest BCUT2D eigenvalue weighted by Crippen LogP contribution is 2.26. The van der Waals surface area contributed by atoms with E-state index in [4.69, 9.17) is 17.3 Å². The monoisotopic (exact) mass is 257 g/mol. The van der Waals surface area contributed by atoms with E-state index in [1.807, 2.05) is 5.38 Å². The Bertz CT molecular complexity index is 487. The first-order chi connectivity index (χ1) is 7.66. The zero-order valence-corrected chi connectivity index (χ0v) is 9.78. The lowest BCUT2D eigenvalue weighted by Crippen LogP contribution is -2.02. The summed E-state index contributed by atoms with van der Waals surface area (Å²) in [5, 5.41) is 5.92. The van der Waals surface area contributed by atoms with Gasteiger partial charge < -0.3 is 11.1 Å². The molecule has 0 saturated heterocycles. The Morgan fingerprint density at radius 3 is 3.00 bits per heavy atom. The number of nitrogens with two attached hydrogens (primary N) is 1. The van der Waals surface area contributed by atoms with Crippen molar-refractivity contribution in [2.24, 2.45) is 0 Å². The molecule has 0 amide bonds. The minimum absolute atomic E-state index is 0.0517. The molecule has 0 radical (unpaired) electrons. The Morgan fingerprint density at radius 2 is 2.31 bits per heavy atom. The van der Waals surface area contributed by atoms with Gasteiger partial charge in [-0.2, -0.15) is 0 Å². The normalized spacial score (nSPS) is 10.4. The van der Waals surface area contributed by atoms with Crippen LogP contribution in [0, 0.1) is 5.82 Å². The molecule has 0 fully saturated rings. The Labute approximate surface area is 101 Å². The second kappa shape index (κ2) is 4.67. The van der Waals surface area contributed by atoms with Gasteiger partial charge in [0.1, 0.15) is 10.8 Å². The van der Waals surface area contributed by atoms with Crippen LogP contribution >= 0.6 is 22.9 Å². The number of rotatable bonds is 3. The van der Waals surface area contributed by atoms with Crippen molar-refractivity contribution in [3.8, 4) is 0 Å². The van der Waals surface area contributed by atoms with Gasteiger partial charge in [0.2, 0.25) is 0 Å². The van der Waals surface area contributed by atoms with E-state index in [0.717, 1.165) is 5.01 Å². The molecule has 0 aliphatic carbocycles. The van der Waals surface area contributed by atoms with E-state index in [9.17, 15) is 4.39 Å². The average Bonchev–Trinajstić information content (AvgIpc) is 2.74. The summed E-state index contributed by atoms with van der Waals surface area (Å²) in [5.74, 6) is -0.515. The van der Waals surface area contributed by atoms with Gasteiger partial charge in [0.05, 0.1) is 22.9 Å². The minimum atomic E-state index is -0.515. The fraction of sp³-hybridized carbons (Fsp3) is 0.100. The molecule has 3 N–H and O–H groups in total. The van der Waals surface area contributed by atoms with Crippen molar-refractivity contribution in [2.45, 2.75) is 6.54 Å². The molecule has 3 nitrogen and oxygen atoms in total. The van der Waals surface area contributed by atoms with E-state index in [0.29, 0.717) is 17.9 Å². The van der Waals surface area contributed by atoms with E-state index in [1.165, 1.54) is 23.5 Å². The summed E-state index contributed by atoms with van der Waals surface area (Å²) in [7, 11) is 0. The third-order valence-electron chi connectivity index (χ3n) is 2.01. The molecule has 0 aliphatic rings. The van der Waals surface area contributed by atoms with E-state index < -0.39 is 5.82 Å². The van der Waals surface area contributed by atoms with Gasteiger partial charge in [0, 0.05) is 17.6 Å². The highest BCUT2D eigenvalue weighted by molar-refractivity contribution is 7.09. The quantitative estimate of drug-likeness (QED) is 0.831. The van der Waals surface area contributed by atoms with Crippen LogP contribution in [0.25, 0.3) is 0 Å².